The van der Waals surface area contributed by atoms with Crippen molar-refractivity contribution in [2.24, 2.45) is 0 Å². The normalized spacial score (nSPS) is 18.8. The van der Waals surface area contributed by atoms with Gasteiger partial charge in [-0.25, -0.2) is 17.6 Å². The Morgan fingerprint density at radius 2 is 0.864 bits per heavy atom. The summed E-state index contributed by atoms with van der Waals surface area (Å²) in [5, 5.41) is 0. The first-order valence-electron chi connectivity index (χ1n) is 4.58. The average molecular weight is 364 g/mol. The predicted octanol–water partition coefficient (Wildman–Crippen LogP) is 5.21. The second-order valence-corrected chi connectivity index (χ2v) is 3.71. The fourth-order valence-corrected chi connectivity index (χ4v) is 0.912. The monoisotopic (exact) mass is 364 g/mol. The molecule has 0 aromatic carbocycles. The van der Waals surface area contributed by atoms with Crippen molar-refractivity contribution in [3.8, 4) is 0 Å². The Hall–Kier alpha value is -1.24. The molecule has 1 atom stereocenters. The van der Waals surface area contributed by atoms with Gasteiger partial charge in [-0.15, -0.1) is 0 Å². The third-order valence-corrected chi connectivity index (χ3v) is 2.23. The highest BCUT2D eigenvalue weighted by Crippen LogP contribution is 2.53. The molecule has 0 bridgehead atoms. The summed E-state index contributed by atoms with van der Waals surface area (Å²) >= 11 is 0. The van der Waals surface area contributed by atoms with Crippen LogP contribution in [0.3, 0.4) is 0 Å². The minimum atomic E-state index is -7.02. The first-order chi connectivity index (χ1) is 9.38. The van der Waals surface area contributed by atoms with Crippen LogP contribution in [0.1, 0.15) is 0 Å². The van der Waals surface area contributed by atoms with E-state index in [0.29, 0.717) is 0 Å². The van der Waals surface area contributed by atoms with Gasteiger partial charge < -0.3 is 0 Å². The largest absolute Gasteiger partial charge is 0.460 e. The topological polar surface area (TPSA) is 0 Å². The maximum absolute atomic E-state index is 12.9. The molecule has 0 saturated heterocycles. The van der Waals surface area contributed by atoms with Crippen molar-refractivity contribution in [3.63, 3.8) is 0 Å². The van der Waals surface area contributed by atoms with E-state index in [9.17, 15) is 61.5 Å². The van der Waals surface area contributed by atoms with Crippen molar-refractivity contribution in [2.75, 3.05) is 6.67 Å². The van der Waals surface area contributed by atoms with Crippen molar-refractivity contribution < 1.29 is 61.5 Å². The Labute approximate surface area is 111 Å². The number of rotatable bonds is 4. The lowest BCUT2D eigenvalue weighted by molar-refractivity contribution is -0.302. The molecule has 132 valence electrons. The maximum atomic E-state index is 12.9. The fraction of sp³-hybridized carbons (Fsp3) is 0.750. The Morgan fingerprint density at radius 3 is 1.09 bits per heavy atom. The number of alkyl halides is 12. The molecule has 0 radical (unpaired) electrons. The lowest BCUT2D eigenvalue weighted by Gasteiger charge is -2.32. The highest BCUT2D eigenvalue weighted by molar-refractivity contribution is 5.24. The Bertz CT molecular complexity index is 439. The van der Waals surface area contributed by atoms with E-state index >= 15 is 0 Å². The zero-order valence-corrected chi connectivity index (χ0v) is 9.50. The predicted molar refractivity (Wildman–Crippen MR) is 41.1 cm³/mol. The molecular weight excluding hydrogens is 362 g/mol. The minimum Gasteiger partial charge on any atom is -0.247 e. The summed E-state index contributed by atoms with van der Waals surface area (Å²) in [7, 11) is 0. The van der Waals surface area contributed by atoms with E-state index in [1.54, 1.807) is 0 Å². The SMILES string of the molecule is FCC(F)(C(F)(F)F)C(F)(F)C(F)=C(F)C(F)(F)C(F)(F)F. The first kappa shape index (κ1) is 20.8. The number of allylic oxidation sites excluding steroid dienone is 2. The Morgan fingerprint density at radius 1 is 0.545 bits per heavy atom. The molecule has 14 heteroatoms. The van der Waals surface area contributed by atoms with Crippen molar-refractivity contribution in [3.05, 3.63) is 11.7 Å². The minimum absolute atomic E-state index is 3.78. The Balaban J connectivity index is 6.27. The van der Waals surface area contributed by atoms with Gasteiger partial charge in [0.15, 0.2) is 0 Å². The highest BCUT2D eigenvalue weighted by Gasteiger charge is 2.75. The lowest BCUT2D eigenvalue weighted by atomic mass is 9.96. The van der Waals surface area contributed by atoms with Gasteiger partial charge in [0.05, 0.1) is 0 Å². The van der Waals surface area contributed by atoms with Crippen LogP contribution >= 0.6 is 0 Å². The van der Waals surface area contributed by atoms with E-state index < -0.39 is 48.2 Å². The van der Waals surface area contributed by atoms with Crippen molar-refractivity contribution in [1.82, 2.24) is 0 Å². The molecule has 0 aromatic rings. The summed E-state index contributed by atoms with van der Waals surface area (Å²) in [6.45, 7) is -3.78. The molecule has 0 aromatic heterocycles. The van der Waals surface area contributed by atoms with Crippen molar-refractivity contribution >= 4 is 0 Å². The van der Waals surface area contributed by atoms with Crippen LogP contribution in [0, 0.1) is 0 Å². The molecule has 0 spiro atoms. The summed E-state index contributed by atoms with van der Waals surface area (Å²) in [4.78, 5) is 0. The van der Waals surface area contributed by atoms with Gasteiger partial charge >= 0.3 is 29.9 Å². The van der Waals surface area contributed by atoms with Crippen LogP contribution in [0.15, 0.2) is 11.7 Å². The van der Waals surface area contributed by atoms with E-state index in [1.165, 1.54) is 0 Å². The van der Waals surface area contributed by atoms with Gasteiger partial charge in [0, 0.05) is 0 Å². The molecule has 0 heterocycles. The third-order valence-electron chi connectivity index (χ3n) is 2.23. The fourth-order valence-electron chi connectivity index (χ4n) is 0.912. The molecule has 0 aliphatic rings. The summed E-state index contributed by atoms with van der Waals surface area (Å²) in [5.74, 6) is -23.4. The zero-order chi connectivity index (χ0) is 18.4. The van der Waals surface area contributed by atoms with Crippen LogP contribution < -0.4 is 0 Å². The van der Waals surface area contributed by atoms with Crippen LogP contribution in [0.5, 0.6) is 0 Å². The molecular formula is C8H2F14. The summed E-state index contributed by atoms with van der Waals surface area (Å²) in [6, 6.07) is 0. The summed E-state index contributed by atoms with van der Waals surface area (Å²) in [6.07, 6.45) is -14.0. The van der Waals surface area contributed by atoms with E-state index in [-0.39, 0.29) is 0 Å². The van der Waals surface area contributed by atoms with Crippen LogP contribution in [-0.4, -0.2) is 36.5 Å². The quantitative estimate of drug-likeness (QED) is 0.601. The molecule has 1 unspecified atom stereocenters. The van der Waals surface area contributed by atoms with Crippen molar-refractivity contribution in [2.45, 2.75) is 29.9 Å². The second-order valence-electron chi connectivity index (χ2n) is 3.71. The molecule has 22 heavy (non-hydrogen) atoms. The molecule has 0 nitrogen and oxygen atoms in total. The van der Waals surface area contributed by atoms with E-state index in [4.69, 9.17) is 0 Å². The molecule has 0 amide bonds. The molecule has 0 aliphatic heterocycles. The van der Waals surface area contributed by atoms with Gasteiger partial charge in [-0.2, -0.15) is 43.9 Å². The molecule has 0 rings (SSSR count). The first-order valence-corrected chi connectivity index (χ1v) is 4.58. The van der Waals surface area contributed by atoms with Gasteiger partial charge in [0.1, 0.15) is 6.67 Å². The van der Waals surface area contributed by atoms with E-state index in [1.807, 2.05) is 0 Å². The van der Waals surface area contributed by atoms with E-state index in [2.05, 4.69) is 0 Å². The standard InChI is InChI=1S/C8H2F14/c9-1-4(12,7(17,18)19)5(13,14)2(10)3(11)6(15,16)8(20,21)22/h1H2. The molecule has 0 fully saturated rings. The van der Waals surface area contributed by atoms with Crippen LogP contribution in [0.2, 0.25) is 0 Å². The zero-order valence-electron chi connectivity index (χ0n) is 9.50. The van der Waals surface area contributed by atoms with Gasteiger partial charge in [-0.1, -0.05) is 0 Å². The van der Waals surface area contributed by atoms with Crippen LogP contribution in [0.25, 0.3) is 0 Å². The smallest absolute Gasteiger partial charge is 0.247 e. The van der Waals surface area contributed by atoms with Gasteiger partial charge in [-0.3, -0.25) is 0 Å². The molecule has 0 N–H and O–H groups in total. The third kappa shape index (κ3) is 2.95. The summed E-state index contributed by atoms with van der Waals surface area (Å²) < 4.78 is 171. The van der Waals surface area contributed by atoms with Gasteiger partial charge in [0.25, 0.3) is 0 Å². The summed E-state index contributed by atoms with van der Waals surface area (Å²) in [5.41, 5.74) is -6.55. The van der Waals surface area contributed by atoms with Crippen molar-refractivity contribution in [1.29, 1.82) is 0 Å². The molecule has 0 aliphatic carbocycles. The maximum Gasteiger partial charge on any atom is 0.460 e. The second kappa shape index (κ2) is 5.44. The number of hydrogen-bond acceptors (Lipinski definition) is 0. The highest BCUT2D eigenvalue weighted by atomic mass is 19.4. The van der Waals surface area contributed by atoms with Gasteiger partial charge in [-0.05, 0) is 0 Å². The number of halogens is 14. The molecule has 0 saturated carbocycles. The van der Waals surface area contributed by atoms with Crippen LogP contribution in [0.4, 0.5) is 61.5 Å². The average Bonchev–Trinajstić information content (AvgIpc) is 2.32. The lowest BCUT2D eigenvalue weighted by Crippen LogP contribution is -2.58. The Kier molecular flexibility index (Phi) is 5.13. The van der Waals surface area contributed by atoms with Crippen LogP contribution in [-0.2, 0) is 0 Å². The number of hydrogen-bond donors (Lipinski definition) is 0. The van der Waals surface area contributed by atoms with Gasteiger partial charge in [0.2, 0.25) is 11.7 Å². The van der Waals surface area contributed by atoms with E-state index in [0.717, 1.165) is 0 Å².